The lowest BCUT2D eigenvalue weighted by atomic mass is 9.64. The van der Waals surface area contributed by atoms with E-state index in [1.807, 2.05) is 20.8 Å². The fraction of sp³-hybridized carbons (Fsp3) is 0.750. The molecule has 36 heavy (non-hydrogen) atoms. The van der Waals surface area contributed by atoms with E-state index in [4.69, 9.17) is 9.84 Å². The number of hydrogen-bond acceptors (Lipinski definition) is 5. The van der Waals surface area contributed by atoms with Crippen LogP contribution in [0.4, 0.5) is 0 Å². The van der Waals surface area contributed by atoms with Crippen molar-refractivity contribution in [2.75, 3.05) is 33.3 Å². The molecule has 3 heterocycles. The van der Waals surface area contributed by atoms with Gasteiger partial charge in [0.05, 0.1) is 17.4 Å². The Kier molecular flexibility index (Phi) is 9.04. The minimum atomic E-state index is -1.00. The topological polar surface area (TPSA) is 90.4 Å². The van der Waals surface area contributed by atoms with Crippen LogP contribution in [-0.2, 0) is 19.1 Å². The molecule has 3 aliphatic rings. The Morgan fingerprint density at radius 1 is 1.14 bits per heavy atom. The van der Waals surface area contributed by atoms with Crippen LogP contribution in [0.3, 0.4) is 0 Å². The third-order valence-corrected chi connectivity index (χ3v) is 8.50. The molecule has 3 fully saturated rings. The zero-order valence-corrected chi connectivity index (χ0v) is 22.6. The predicted molar refractivity (Wildman–Crippen MR) is 139 cm³/mol. The lowest BCUT2D eigenvalue weighted by Gasteiger charge is -2.38. The number of aliphatic hydroxyl groups excluding tert-OH is 1. The molecule has 1 spiro atoms. The lowest BCUT2D eigenvalue weighted by Crippen LogP contribution is -2.57. The second-order valence-electron chi connectivity index (χ2n) is 10.9. The maximum atomic E-state index is 14.2. The molecule has 3 saturated heterocycles. The fourth-order valence-corrected chi connectivity index (χ4v) is 6.73. The molecule has 2 unspecified atom stereocenters. The van der Waals surface area contributed by atoms with Gasteiger partial charge in [-0.2, -0.15) is 0 Å². The SMILES string of the molecule is C=CCN(C)C(=O)[C@H]1[C@H]2C(=O)N(CCCCCCO)C(C(=O)N(CC=C)C(C)C)C23CC[C@]1(CC)O3. The van der Waals surface area contributed by atoms with E-state index in [1.165, 1.54) is 0 Å². The van der Waals surface area contributed by atoms with Crippen LogP contribution in [-0.4, -0.2) is 94.1 Å². The van der Waals surface area contributed by atoms with Crippen molar-refractivity contribution >= 4 is 17.7 Å². The normalized spacial score (nSPS) is 30.6. The molecule has 3 rings (SSSR count). The van der Waals surface area contributed by atoms with Gasteiger partial charge in [-0.05, 0) is 46.0 Å². The van der Waals surface area contributed by atoms with Gasteiger partial charge in [0.1, 0.15) is 11.6 Å². The number of likely N-dealkylation sites (N-methyl/N-ethyl adjacent to an activating group) is 1. The number of likely N-dealkylation sites (tertiary alicyclic amines) is 1. The van der Waals surface area contributed by atoms with Crippen molar-refractivity contribution in [3.05, 3.63) is 25.3 Å². The van der Waals surface area contributed by atoms with Crippen LogP contribution in [0.2, 0.25) is 0 Å². The Hall–Kier alpha value is -2.19. The highest BCUT2D eigenvalue weighted by atomic mass is 16.5. The van der Waals surface area contributed by atoms with Gasteiger partial charge in [-0.15, -0.1) is 13.2 Å². The van der Waals surface area contributed by atoms with Crippen molar-refractivity contribution in [1.29, 1.82) is 0 Å². The molecule has 0 radical (unpaired) electrons. The third-order valence-electron chi connectivity index (χ3n) is 8.50. The predicted octanol–water partition coefficient (Wildman–Crippen LogP) is 2.76. The van der Waals surface area contributed by atoms with E-state index in [9.17, 15) is 14.4 Å². The first kappa shape index (κ1) is 28.4. The molecular weight excluding hydrogens is 458 g/mol. The van der Waals surface area contributed by atoms with Gasteiger partial charge < -0.3 is 24.5 Å². The number of aliphatic hydroxyl groups is 1. The third kappa shape index (κ3) is 4.62. The van der Waals surface area contributed by atoms with Gasteiger partial charge in [0.15, 0.2) is 0 Å². The van der Waals surface area contributed by atoms with E-state index < -0.39 is 29.1 Å². The summed E-state index contributed by atoms with van der Waals surface area (Å²) in [4.78, 5) is 47.1. The van der Waals surface area contributed by atoms with Crippen molar-refractivity contribution < 1.29 is 24.2 Å². The number of rotatable bonds is 14. The molecule has 8 nitrogen and oxygen atoms in total. The van der Waals surface area contributed by atoms with Gasteiger partial charge in [-0.1, -0.05) is 31.9 Å². The van der Waals surface area contributed by atoms with Crippen LogP contribution in [0.5, 0.6) is 0 Å². The van der Waals surface area contributed by atoms with Crippen LogP contribution < -0.4 is 0 Å². The van der Waals surface area contributed by atoms with E-state index in [0.29, 0.717) is 38.9 Å². The van der Waals surface area contributed by atoms with E-state index in [-0.39, 0.29) is 30.4 Å². The van der Waals surface area contributed by atoms with Crippen molar-refractivity contribution in [2.24, 2.45) is 11.8 Å². The second-order valence-corrected chi connectivity index (χ2v) is 10.9. The molecule has 0 aromatic carbocycles. The molecule has 0 aromatic rings. The summed E-state index contributed by atoms with van der Waals surface area (Å²) in [5, 5.41) is 9.11. The molecule has 3 aliphatic heterocycles. The highest BCUT2D eigenvalue weighted by Crippen LogP contribution is 2.64. The lowest BCUT2D eigenvalue weighted by molar-refractivity contribution is -0.155. The first-order chi connectivity index (χ1) is 17.2. The van der Waals surface area contributed by atoms with Crippen LogP contribution in [0.25, 0.3) is 0 Å². The summed E-state index contributed by atoms with van der Waals surface area (Å²) in [6.45, 7) is 14.9. The summed E-state index contributed by atoms with van der Waals surface area (Å²) in [5.74, 6) is -1.67. The van der Waals surface area contributed by atoms with E-state index in [0.717, 1.165) is 25.7 Å². The number of ether oxygens (including phenoxy) is 1. The Morgan fingerprint density at radius 2 is 1.81 bits per heavy atom. The van der Waals surface area contributed by atoms with Crippen molar-refractivity contribution in [3.63, 3.8) is 0 Å². The molecular formula is C28H45N3O5. The van der Waals surface area contributed by atoms with Gasteiger partial charge in [-0.25, -0.2) is 0 Å². The molecule has 202 valence electrons. The number of hydrogen-bond donors (Lipinski definition) is 1. The molecule has 5 atom stereocenters. The van der Waals surface area contributed by atoms with Gasteiger partial charge in [0.2, 0.25) is 17.7 Å². The van der Waals surface area contributed by atoms with Crippen LogP contribution in [0, 0.1) is 11.8 Å². The molecule has 3 amide bonds. The van der Waals surface area contributed by atoms with Gasteiger partial charge in [0, 0.05) is 39.3 Å². The highest BCUT2D eigenvalue weighted by molar-refractivity contribution is 5.99. The average molecular weight is 504 g/mol. The number of unbranched alkanes of at least 4 members (excludes halogenated alkanes) is 3. The zero-order chi connectivity index (χ0) is 26.7. The Balaban J connectivity index is 2.03. The zero-order valence-electron chi connectivity index (χ0n) is 22.6. The van der Waals surface area contributed by atoms with Crippen molar-refractivity contribution in [3.8, 4) is 0 Å². The number of carbonyl (C=O) groups excluding carboxylic acids is 3. The summed E-state index contributed by atoms with van der Waals surface area (Å²) >= 11 is 0. The van der Waals surface area contributed by atoms with E-state index in [2.05, 4.69) is 13.2 Å². The summed E-state index contributed by atoms with van der Waals surface area (Å²) in [6, 6.07) is -0.825. The van der Waals surface area contributed by atoms with Crippen LogP contribution in [0.1, 0.15) is 65.7 Å². The molecule has 1 N–H and O–H groups in total. The number of nitrogens with zero attached hydrogens (tertiary/aromatic N) is 3. The molecule has 0 aliphatic carbocycles. The maximum Gasteiger partial charge on any atom is 0.248 e. The van der Waals surface area contributed by atoms with E-state index in [1.54, 1.807) is 33.9 Å². The Bertz CT molecular complexity index is 860. The number of carbonyl (C=O) groups is 3. The smallest absolute Gasteiger partial charge is 0.248 e. The Labute approximate surface area is 216 Å². The molecule has 0 aromatic heterocycles. The van der Waals surface area contributed by atoms with Crippen molar-refractivity contribution in [1.82, 2.24) is 14.7 Å². The number of amides is 3. The summed E-state index contributed by atoms with van der Waals surface area (Å²) in [6.07, 6.45) is 8.41. The van der Waals surface area contributed by atoms with Crippen molar-refractivity contribution in [2.45, 2.75) is 89.0 Å². The molecule has 8 heteroatoms. The van der Waals surface area contributed by atoms with E-state index >= 15 is 0 Å². The molecule has 2 bridgehead atoms. The largest absolute Gasteiger partial charge is 0.396 e. The second kappa shape index (κ2) is 11.5. The Morgan fingerprint density at radius 3 is 2.39 bits per heavy atom. The van der Waals surface area contributed by atoms with Gasteiger partial charge in [-0.3, -0.25) is 14.4 Å². The van der Waals surface area contributed by atoms with Crippen LogP contribution in [0.15, 0.2) is 25.3 Å². The van der Waals surface area contributed by atoms with Gasteiger partial charge in [0.25, 0.3) is 0 Å². The summed E-state index contributed by atoms with van der Waals surface area (Å²) in [5.41, 5.74) is -1.74. The first-order valence-electron chi connectivity index (χ1n) is 13.5. The minimum absolute atomic E-state index is 0.0673. The monoisotopic (exact) mass is 503 g/mol. The highest BCUT2D eigenvalue weighted by Gasteiger charge is 2.78. The minimum Gasteiger partial charge on any atom is -0.396 e. The average Bonchev–Trinajstić information content (AvgIpc) is 3.45. The summed E-state index contributed by atoms with van der Waals surface area (Å²) in [7, 11) is 1.73. The molecule has 0 saturated carbocycles. The summed E-state index contributed by atoms with van der Waals surface area (Å²) < 4.78 is 6.83. The first-order valence-corrected chi connectivity index (χ1v) is 13.5. The quantitative estimate of drug-likeness (QED) is 0.291. The maximum absolute atomic E-state index is 14.2. The van der Waals surface area contributed by atoms with Crippen LogP contribution >= 0.6 is 0 Å². The fourth-order valence-electron chi connectivity index (χ4n) is 6.73. The standard InChI is InChI=1S/C28H45N3O5/c1-7-16-29(6)24(33)21-22-25(34)31(18-12-10-11-13-19-32)23(26(35)30(17-8-2)20(4)5)28(22)15-14-27(21,9-3)36-28/h7-8,20-23,32H,1-2,9-19H2,3-6H3/t21-,22+,23?,27+,28?/m1/s1. The number of fused-ring (bicyclic) bond motifs is 1. The van der Waals surface area contributed by atoms with Gasteiger partial charge >= 0.3 is 0 Å².